The quantitative estimate of drug-likeness (QED) is 0.143. The topological polar surface area (TPSA) is 168 Å². The van der Waals surface area contributed by atoms with Crippen molar-refractivity contribution in [1.29, 1.82) is 0 Å². The molecule has 0 aromatic heterocycles. The average Bonchev–Trinajstić information content (AvgIpc) is 3.53. The fourth-order valence-corrected chi connectivity index (χ4v) is 6.40. The fourth-order valence-electron chi connectivity index (χ4n) is 5.04. The first-order valence-corrected chi connectivity index (χ1v) is 20.0. The minimum absolute atomic E-state index is 0.248. The number of amides is 5. The molecule has 12 heteroatoms. The van der Waals surface area contributed by atoms with E-state index in [1.807, 2.05) is 83.1 Å². The largest absolute Gasteiger partial charge is 0.363 e. The Hall–Kier alpha value is -2.50. The maximum absolute atomic E-state index is 13.9. The van der Waals surface area contributed by atoms with Crippen molar-refractivity contribution >= 4 is 40.3 Å². The third kappa shape index (κ3) is 18.3. The van der Waals surface area contributed by atoms with Crippen molar-refractivity contribution in [2.75, 3.05) is 12.3 Å². The number of Topliss-reactive ketones (excluding diaryl/α,β-unsaturated/α-hetero) is 1. The Labute approximate surface area is 302 Å². The molecule has 0 aliphatic carbocycles. The first kappa shape index (κ1) is 50.9. The molecular weight excluding hydrogens is 643 g/mol. The van der Waals surface area contributed by atoms with E-state index in [1.165, 1.54) is 11.3 Å². The lowest BCUT2D eigenvalue weighted by atomic mass is 9.85. The predicted octanol–water partition coefficient (Wildman–Crippen LogP) is 6.39. The molecule has 1 fully saturated rings. The third-order valence-electron chi connectivity index (χ3n) is 7.83. The maximum Gasteiger partial charge on any atom is 0.315 e. The van der Waals surface area contributed by atoms with E-state index in [4.69, 9.17) is 5.73 Å². The van der Waals surface area contributed by atoms with E-state index < -0.39 is 74.2 Å². The number of ketones is 1. The van der Waals surface area contributed by atoms with Crippen molar-refractivity contribution in [1.82, 2.24) is 20.9 Å². The van der Waals surface area contributed by atoms with Crippen molar-refractivity contribution in [2.24, 2.45) is 11.1 Å². The van der Waals surface area contributed by atoms with Gasteiger partial charge in [-0.15, -0.1) is 0 Å². The molecule has 5 amide bonds. The Morgan fingerprint density at radius 3 is 1.82 bits per heavy atom. The third-order valence-corrected chi connectivity index (χ3v) is 10.0. The second-order valence-corrected chi connectivity index (χ2v) is 16.4. The molecule has 290 valence electrons. The molecule has 5 N–H and O–H groups in total. The van der Waals surface area contributed by atoms with Crippen LogP contribution in [0.15, 0.2) is 0 Å². The zero-order valence-electron chi connectivity index (χ0n) is 33.9. The molecule has 0 radical (unpaired) electrons. The van der Waals surface area contributed by atoms with E-state index in [0.29, 0.717) is 44.4 Å². The van der Waals surface area contributed by atoms with E-state index in [9.17, 15) is 28.2 Å². The summed E-state index contributed by atoms with van der Waals surface area (Å²) in [7, 11) is -1.21. The van der Waals surface area contributed by atoms with Gasteiger partial charge in [0.05, 0.1) is 11.6 Å². The molecule has 11 nitrogen and oxygen atoms in total. The van der Waals surface area contributed by atoms with E-state index in [0.717, 1.165) is 12.8 Å². The van der Waals surface area contributed by atoms with Crippen LogP contribution in [0.3, 0.4) is 0 Å². The number of unbranched alkanes of at least 4 members (excludes halogenated alkanes) is 1. The second-order valence-electron chi connectivity index (χ2n) is 14.2. The second kappa shape index (κ2) is 25.5. The van der Waals surface area contributed by atoms with Crippen LogP contribution in [-0.4, -0.2) is 79.4 Å². The van der Waals surface area contributed by atoms with Crippen LogP contribution >= 0.6 is 0 Å². The Bertz CT molecular complexity index is 1020. The van der Waals surface area contributed by atoms with E-state index >= 15 is 0 Å². The van der Waals surface area contributed by atoms with E-state index in [1.54, 1.807) is 0 Å². The lowest BCUT2D eigenvalue weighted by Gasteiger charge is -2.39. The molecule has 1 aliphatic heterocycles. The summed E-state index contributed by atoms with van der Waals surface area (Å²) in [4.78, 5) is 65.8. The Morgan fingerprint density at radius 1 is 0.878 bits per heavy atom. The van der Waals surface area contributed by atoms with Crippen molar-refractivity contribution in [3.63, 3.8) is 0 Å². The van der Waals surface area contributed by atoms with Crippen LogP contribution < -0.4 is 21.7 Å². The molecule has 0 bridgehead atoms. The number of nitrogens with two attached hydrogens (primary N) is 1. The van der Waals surface area contributed by atoms with Gasteiger partial charge in [-0.25, -0.2) is 4.79 Å². The Balaban J connectivity index is -0.00000280. The highest BCUT2D eigenvalue weighted by molar-refractivity contribution is 7.86. The molecular formula is C37H75N5O6S. The summed E-state index contributed by atoms with van der Waals surface area (Å²) in [5.74, 6) is -2.63. The Morgan fingerprint density at radius 2 is 1.41 bits per heavy atom. The highest BCUT2D eigenvalue weighted by Gasteiger charge is 2.43. The van der Waals surface area contributed by atoms with Gasteiger partial charge in [-0.3, -0.25) is 23.4 Å². The van der Waals surface area contributed by atoms with Crippen molar-refractivity contribution < 1.29 is 28.2 Å². The van der Waals surface area contributed by atoms with Gasteiger partial charge in [-0.1, -0.05) is 109 Å². The number of hydrogen-bond acceptors (Lipinski definition) is 6. The zero-order valence-corrected chi connectivity index (χ0v) is 34.7. The lowest BCUT2D eigenvalue weighted by Crippen LogP contribution is -2.63. The number of carbonyl (C=O) groups is 5. The number of hydrogen-bond donors (Lipinski definition) is 4. The summed E-state index contributed by atoms with van der Waals surface area (Å²) in [5, 5.41) is 8.59. The van der Waals surface area contributed by atoms with Gasteiger partial charge in [-0.2, -0.15) is 0 Å². The number of nitrogens with one attached hydrogen (secondary N) is 3. The summed E-state index contributed by atoms with van der Waals surface area (Å²) in [6, 6.07) is -3.38. The average molecular weight is 718 g/mol. The minimum atomic E-state index is -1.21. The van der Waals surface area contributed by atoms with Crippen LogP contribution in [0.4, 0.5) is 4.79 Å². The molecule has 0 spiro atoms. The van der Waals surface area contributed by atoms with Gasteiger partial charge in [0.1, 0.15) is 12.1 Å². The number of primary amides is 1. The number of urea groups is 1. The van der Waals surface area contributed by atoms with Gasteiger partial charge >= 0.3 is 6.03 Å². The molecule has 1 heterocycles. The summed E-state index contributed by atoms with van der Waals surface area (Å²) < 4.78 is 12.7. The van der Waals surface area contributed by atoms with Crippen molar-refractivity contribution in [3.8, 4) is 0 Å². The summed E-state index contributed by atoms with van der Waals surface area (Å²) in [6.07, 6.45) is 6.00. The number of rotatable bonds is 15. The van der Waals surface area contributed by atoms with Gasteiger partial charge in [0.15, 0.2) is 0 Å². The fraction of sp³-hybridized carbons (Fsp3) is 0.865. The molecule has 5 unspecified atom stereocenters. The van der Waals surface area contributed by atoms with Gasteiger partial charge in [-0.05, 0) is 58.3 Å². The molecule has 5 atom stereocenters. The molecule has 0 saturated carbocycles. The highest BCUT2D eigenvalue weighted by Crippen LogP contribution is 2.28. The molecule has 1 rings (SSSR count). The first-order valence-electron chi connectivity index (χ1n) is 18.7. The van der Waals surface area contributed by atoms with E-state index in [-0.39, 0.29) is 6.42 Å². The smallest absolute Gasteiger partial charge is 0.315 e. The van der Waals surface area contributed by atoms with Gasteiger partial charge < -0.3 is 26.6 Å². The minimum Gasteiger partial charge on any atom is -0.363 e. The monoisotopic (exact) mass is 718 g/mol. The summed E-state index contributed by atoms with van der Waals surface area (Å²) in [5.41, 5.74) is 3.76. The number of carbonyl (C=O) groups excluding carboxylic acids is 5. The molecule has 0 aromatic rings. The SMILES string of the molecule is CC.CC.CCC.CCCCC(CC)(CS(=O)C(C)(C)C)NC(=O)NC(C(=O)N1CCCC1C(=O)NC(CCC)C(=O)C(N)=O)C(C)(C)C. The number of nitrogens with zero attached hydrogens (tertiary/aromatic N) is 1. The normalized spacial score (nSPS) is 17.1. The Kier molecular flexibility index (Phi) is 26.4. The standard InChI is InChI=1S/C30H55N5O6S.C3H8.2C2H6/c1-10-13-17-30(12-3,19-42(41)29(7,8)9)34-27(40)33-23(28(4,5)6)26(39)35-18-14-16-21(35)25(38)32-20(15-11-2)22(36)24(31)37;1-3-2;2*1-2/h20-21,23H,10-19H2,1-9H3,(H2,31,37)(H,32,38)(H2,33,34,40);3H2,1-2H3;2*1-2H3. The first-order chi connectivity index (χ1) is 22.7. The van der Waals surface area contributed by atoms with Gasteiger partial charge in [0, 0.05) is 27.8 Å². The van der Waals surface area contributed by atoms with Gasteiger partial charge in [0.25, 0.3) is 5.91 Å². The molecule has 49 heavy (non-hydrogen) atoms. The van der Waals surface area contributed by atoms with E-state index in [2.05, 4.69) is 36.7 Å². The molecule has 0 aromatic carbocycles. The highest BCUT2D eigenvalue weighted by atomic mass is 32.2. The predicted molar refractivity (Wildman–Crippen MR) is 205 cm³/mol. The summed E-state index contributed by atoms with van der Waals surface area (Å²) in [6.45, 7) is 29.6. The van der Waals surface area contributed by atoms with Crippen LogP contribution in [0.5, 0.6) is 0 Å². The van der Waals surface area contributed by atoms with Crippen LogP contribution in [0.2, 0.25) is 0 Å². The van der Waals surface area contributed by atoms with Crippen LogP contribution in [0, 0.1) is 5.41 Å². The lowest BCUT2D eigenvalue weighted by molar-refractivity contribution is -0.143. The van der Waals surface area contributed by atoms with Crippen molar-refractivity contribution in [3.05, 3.63) is 0 Å². The van der Waals surface area contributed by atoms with Crippen LogP contribution in [0.25, 0.3) is 0 Å². The van der Waals surface area contributed by atoms with Crippen LogP contribution in [-0.2, 0) is 30.0 Å². The number of likely N-dealkylation sites (tertiary alicyclic amines) is 1. The maximum atomic E-state index is 13.9. The van der Waals surface area contributed by atoms with Crippen LogP contribution in [0.1, 0.15) is 162 Å². The zero-order chi connectivity index (χ0) is 39.2. The van der Waals surface area contributed by atoms with Crippen molar-refractivity contribution in [2.45, 2.75) is 190 Å². The summed E-state index contributed by atoms with van der Waals surface area (Å²) >= 11 is 0. The molecule has 1 saturated heterocycles. The molecule has 1 aliphatic rings. The van der Waals surface area contributed by atoms with Gasteiger partial charge in [0.2, 0.25) is 17.6 Å².